The van der Waals surface area contributed by atoms with Crippen LogP contribution in [0, 0.1) is 10.4 Å². The third-order valence-corrected chi connectivity index (χ3v) is 9.47. The third kappa shape index (κ3) is 7.87. The molecule has 2 unspecified atom stereocenters. The smallest absolute Gasteiger partial charge is 0.345 e. The number of phenolic OH excluding ortho intramolecular Hbond substituents is 1. The van der Waals surface area contributed by atoms with Crippen LogP contribution in [0.3, 0.4) is 0 Å². The quantitative estimate of drug-likeness (QED) is 0.0845. The van der Waals surface area contributed by atoms with E-state index in [1.807, 2.05) is 0 Å². The Bertz CT molecular complexity index is 1650. The number of sulfonamides is 1. The van der Waals surface area contributed by atoms with Gasteiger partial charge in [-0.15, -0.1) is 0 Å². The Morgan fingerprint density at radius 1 is 1.14 bits per heavy atom. The lowest BCUT2D eigenvalue weighted by Gasteiger charge is -2.36. The van der Waals surface area contributed by atoms with Gasteiger partial charge in [-0.1, -0.05) is 48.0 Å². The number of quaternary nitrogens is 1. The maximum atomic E-state index is 13.3. The molecule has 0 bridgehead atoms. The molecule has 2 atom stereocenters. The summed E-state index contributed by atoms with van der Waals surface area (Å²) in [5.74, 6) is -2.87. The Labute approximate surface area is 262 Å². The summed E-state index contributed by atoms with van der Waals surface area (Å²) >= 11 is 6.79. The fraction of sp³-hybridized carbons (Fsp3) is 0.250. The van der Waals surface area contributed by atoms with Crippen LogP contribution in [0.5, 0.6) is 11.5 Å². The molecular formula is C28H27ClN3O10S2-. The summed E-state index contributed by atoms with van der Waals surface area (Å²) in [4.78, 5) is 36.9. The number of nitrogens with zero attached hydrogens (tertiary/aromatic N) is 1. The first kappa shape index (κ1) is 33.2. The Hall–Kier alpha value is -3.70. The molecule has 3 N–H and O–H groups in total. The van der Waals surface area contributed by atoms with E-state index in [9.17, 15) is 38.3 Å². The van der Waals surface area contributed by atoms with Crippen molar-refractivity contribution >= 4 is 51.4 Å². The van der Waals surface area contributed by atoms with Crippen LogP contribution in [-0.4, -0.2) is 61.8 Å². The van der Waals surface area contributed by atoms with E-state index < -0.39 is 43.3 Å². The highest BCUT2D eigenvalue weighted by atomic mass is 35.5. The highest BCUT2D eigenvalue weighted by Crippen LogP contribution is 2.48. The molecule has 13 nitrogen and oxygen atoms in total. The van der Waals surface area contributed by atoms with E-state index in [0.717, 1.165) is 7.11 Å². The fourth-order valence-corrected chi connectivity index (χ4v) is 7.02. The molecule has 1 aliphatic heterocycles. The van der Waals surface area contributed by atoms with E-state index in [1.165, 1.54) is 54.6 Å². The van der Waals surface area contributed by atoms with Crippen molar-refractivity contribution in [3.63, 3.8) is 0 Å². The van der Waals surface area contributed by atoms with Crippen molar-refractivity contribution in [1.82, 2.24) is 10.0 Å². The maximum Gasteiger partial charge on any atom is 0.345 e. The van der Waals surface area contributed by atoms with Crippen LogP contribution in [0.25, 0.3) is 0 Å². The normalized spacial score (nSPS) is 16.7. The fourth-order valence-electron chi connectivity index (χ4n) is 4.34. The molecule has 1 fully saturated rings. The van der Waals surface area contributed by atoms with E-state index in [4.69, 9.17) is 16.3 Å². The van der Waals surface area contributed by atoms with E-state index in [0.29, 0.717) is 23.1 Å². The standard InChI is InChI=1S/C28H27ClN3O10S2/c1-41-28(36)26-22(33)8-5-9-23(26)42-13-12-30-27(35)21(31-44(39,40)18-6-3-2-4-7-18)15-17-10-11-19(20(29)14-17)24-16-25(34)32(37,38)43-24/h2-11,14,21,24,31,33H,12-13,15-16H2,1H3,(H,30,35)/q-1. The molecule has 16 heteroatoms. The van der Waals surface area contributed by atoms with Gasteiger partial charge < -0.3 is 30.3 Å². The second-order valence-corrected chi connectivity index (χ2v) is 12.9. The molecule has 2 amide bonds. The lowest BCUT2D eigenvalue weighted by atomic mass is 10.0. The highest BCUT2D eigenvalue weighted by molar-refractivity contribution is 7.94. The summed E-state index contributed by atoms with van der Waals surface area (Å²) < 4.78 is 36.5. The average Bonchev–Trinajstić information content (AvgIpc) is 3.26. The minimum atomic E-state index is -4.14. The number of hydroxylamine groups is 2. The summed E-state index contributed by atoms with van der Waals surface area (Å²) in [5.41, 5.74) is 0.653. The summed E-state index contributed by atoms with van der Waals surface area (Å²) in [6.07, 6.45) is -0.428. The molecule has 0 radical (unpaired) electrons. The van der Waals surface area contributed by atoms with Crippen molar-refractivity contribution in [2.45, 2.75) is 29.0 Å². The van der Waals surface area contributed by atoms with Crippen LogP contribution >= 0.6 is 23.5 Å². The molecule has 0 spiro atoms. The number of rotatable bonds is 12. The predicted molar refractivity (Wildman–Crippen MR) is 161 cm³/mol. The lowest BCUT2D eigenvalue weighted by Crippen LogP contribution is -2.48. The molecule has 0 aliphatic carbocycles. The highest BCUT2D eigenvalue weighted by Gasteiger charge is 2.39. The van der Waals surface area contributed by atoms with E-state index in [-0.39, 0.29) is 53.0 Å². The molecule has 3 aromatic carbocycles. The van der Waals surface area contributed by atoms with Gasteiger partial charge in [-0.2, -0.15) is 4.72 Å². The first-order chi connectivity index (χ1) is 20.8. The Morgan fingerprint density at radius 3 is 2.50 bits per heavy atom. The van der Waals surface area contributed by atoms with Gasteiger partial charge in [-0.05, 0) is 47.9 Å². The van der Waals surface area contributed by atoms with Crippen molar-refractivity contribution < 1.29 is 41.6 Å². The molecule has 44 heavy (non-hydrogen) atoms. The Morgan fingerprint density at radius 2 is 1.86 bits per heavy atom. The molecule has 4 rings (SSSR count). The molecule has 1 heterocycles. The van der Waals surface area contributed by atoms with Crippen molar-refractivity contribution in [1.29, 1.82) is 0 Å². The predicted octanol–water partition coefficient (Wildman–Crippen LogP) is 3.35. The molecule has 3 aromatic rings. The van der Waals surface area contributed by atoms with E-state index >= 15 is 0 Å². The van der Waals surface area contributed by atoms with Crippen LogP contribution in [0.4, 0.5) is 0 Å². The number of nitrogens with one attached hydrogen (secondary N) is 2. The number of hydrogen-bond acceptors (Lipinski definition) is 11. The first-order valence-corrected chi connectivity index (χ1v) is 15.7. The number of aromatic hydroxyl groups is 1. The minimum absolute atomic E-state index is 0.0225. The van der Waals surface area contributed by atoms with Crippen LogP contribution < -0.4 is 14.8 Å². The molecule has 234 valence electrons. The number of halogens is 1. The zero-order valence-electron chi connectivity index (χ0n) is 23.1. The number of methoxy groups -OCH3 is 1. The molecular weight excluding hydrogens is 638 g/mol. The summed E-state index contributed by atoms with van der Waals surface area (Å²) in [5, 5.41) is 35.5. The summed E-state index contributed by atoms with van der Waals surface area (Å²) in [7, 11) is -2.99. The van der Waals surface area contributed by atoms with Gasteiger partial charge in [0.2, 0.25) is 15.9 Å². The van der Waals surface area contributed by atoms with Gasteiger partial charge in [0.25, 0.3) is 0 Å². The maximum absolute atomic E-state index is 13.3. The number of amides is 2. The van der Waals surface area contributed by atoms with Gasteiger partial charge in [0.15, 0.2) is 0 Å². The number of carbonyl (C=O) groups is 3. The van der Waals surface area contributed by atoms with Gasteiger partial charge in [-0.3, -0.25) is 9.01 Å². The third-order valence-electron chi connectivity index (χ3n) is 6.50. The van der Waals surface area contributed by atoms with Crippen LogP contribution in [0.2, 0.25) is 5.02 Å². The van der Waals surface area contributed by atoms with Gasteiger partial charge >= 0.3 is 11.9 Å². The lowest BCUT2D eigenvalue weighted by molar-refractivity contribution is -0.593. The average molecular weight is 665 g/mol. The van der Waals surface area contributed by atoms with Gasteiger partial charge in [-0.25, -0.2) is 18.0 Å². The Kier molecular flexibility index (Phi) is 10.5. The molecule has 0 aromatic heterocycles. The van der Waals surface area contributed by atoms with Crippen molar-refractivity contribution in [3.05, 3.63) is 98.9 Å². The summed E-state index contributed by atoms with van der Waals surface area (Å²) in [6.45, 7) is -0.245. The van der Waals surface area contributed by atoms with Gasteiger partial charge in [0.05, 0.1) is 42.2 Å². The zero-order chi connectivity index (χ0) is 32.1. The number of carbonyl (C=O) groups excluding carboxylic acids is 3. The number of benzene rings is 3. The zero-order valence-corrected chi connectivity index (χ0v) is 25.5. The van der Waals surface area contributed by atoms with Gasteiger partial charge in [0, 0.05) is 5.02 Å². The Balaban J connectivity index is 1.49. The van der Waals surface area contributed by atoms with Crippen molar-refractivity contribution in [2.75, 3.05) is 20.3 Å². The SMILES string of the molecule is COC(=O)c1c(O)cccc1OCCNC(=O)C(Cc1ccc(C2CC(=O)[N+]([O-])([O-])S2)c(Cl)c1)NS(=O)(=O)c1ccccc1. The van der Waals surface area contributed by atoms with Crippen LogP contribution in [0.1, 0.15) is 33.2 Å². The number of ether oxygens (including phenoxy) is 2. The number of esters is 1. The summed E-state index contributed by atoms with van der Waals surface area (Å²) in [6, 6.07) is 14.9. The minimum Gasteiger partial charge on any atom is -0.612 e. The second-order valence-electron chi connectivity index (χ2n) is 9.52. The van der Waals surface area contributed by atoms with Crippen molar-refractivity contribution in [3.8, 4) is 11.5 Å². The number of phenols is 1. The topological polar surface area (TPSA) is 194 Å². The molecule has 1 aliphatic rings. The van der Waals surface area contributed by atoms with E-state index in [1.54, 1.807) is 12.1 Å². The van der Waals surface area contributed by atoms with Crippen molar-refractivity contribution in [2.24, 2.45) is 0 Å². The monoisotopic (exact) mass is 664 g/mol. The molecule has 1 saturated heterocycles. The van der Waals surface area contributed by atoms with Crippen LogP contribution in [-0.2, 0) is 30.8 Å². The van der Waals surface area contributed by atoms with Crippen LogP contribution in [0.15, 0.2) is 71.6 Å². The largest absolute Gasteiger partial charge is 0.612 e. The second kappa shape index (κ2) is 13.9. The first-order valence-electron chi connectivity index (χ1n) is 13.0. The number of hydrogen-bond donors (Lipinski definition) is 3. The molecule has 0 saturated carbocycles. The van der Waals surface area contributed by atoms with Gasteiger partial charge in [0.1, 0.15) is 29.7 Å². The van der Waals surface area contributed by atoms with E-state index in [2.05, 4.69) is 14.8 Å².